The highest BCUT2D eigenvalue weighted by atomic mass is 16.5. The molecule has 1 aliphatic rings. The topological polar surface area (TPSA) is 83.6 Å². The number of nitrogens with one attached hydrogen (secondary N) is 2. The van der Waals surface area contributed by atoms with Crippen LogP contribution in [0.15, 0.2) is 42.5 Å². The fraction of sp³-hybridized carbons (Fsp3) is 0.286. The van der Waals surface area contributed by atoms with E-state index in [1.165, 1.54) is 0 Å². The van der Waals surface area contributed by atoms with Gasteiger partial charge in [-0.05, 0) is 36.2 Å². The molecule has 0 saturated carbocycles. The molecular formula is C21H22N2O4. The van der Waals surface area contributed by atoms with Gasteiger partial charge in [-0.25, -0.2) is 0 Å². The van der Waals surface area contributed by atoms with E-state index in [0.717, 1.165) is 27.7 Å². The molecule has 2 aromatic carbocycles. The fourth-order valence-corrected chi connectivity index (χ4v) is 3.79. The van der Waals surface area contributed by atoms with Crippen LogP contribution in [0.2, 0.25) is 0 Å². The lowest BCUT2D eigenvalue weighted by Crippen LogP contribution is -2.44. The number of benzene rings is 2. The molecule has 0 unspecified atom stereocenters. The summed E-state index contributed by atoms with van der Waals surface area (Å²) >= 11 is 0. The summed E-state index contributed by atoms with van der Waals surface area (Å²) in [6.45, 7) is 2.47. The summed E-state index contributed by atoms with van der Waals surface area (Å²) in [7, 11) is 1.60. The van der Waals surface area contributed by atoms with Gasteiger partial charge in [0.1, 0.15) is 6.04 Å². The highest BCUT2D eigenvalue weighted by Gasteiger charge is 2.34. The first kappa shape index (κ1) is 17.4. The van der Waals surface area contributed by atoms with E-state index < -0.39 is 12.0 Å². The Hall–Kier alpha value is -2.99. The summed E-state index contributed by atoms with van der Waals surface area (Å²) in [6.07, 6.45) is 0.444. The molecule has 4 rings (SSSR count). The van der Waals surface area contributed by atoms with E-state index in [1.54, 1.807) is 7.11 Å². The Balaban J connectivity index is 1.84. The zero-order chi connectivity index (χ0) is 19.0. The number of carboxylic acid groups (broad SMARTS) is 1. The lowest BCUT2D eigenvalue weighted by atomic mass is 9.90. The molecule has 27 heavy (non-hydrogen) atoms. The molecule has 3 aromatic rings. The third-order valence-corrected chi connectivity index (χ3v) is 5.03. The number of methoxy groups -OCH3 is 1. The highest BCUT2D eigenvalue weighted by Crippen LogP contribution is 2.38. The van der Waals surface area contributed by atoms with Crippen molar-refractivity contribution in [2.24, 2.45) is 0 Å². The summed E-state index contributed by atoms with van der Waals surface area (Å²) in [5.74, 6) is 0.450. The second kappa shape index (κ2) is 6.96. The number of para-hydroxylation sites is 1. The van der Waals surface area contributed by atoms with Crippen LogP contribution in [0.25, 0.3) is 10.9 Å². The summed E-state index contributed by atoms with van der Waals surface area (Å²) in [5, 5.41) is 14.0. The van der Waals surface area contributed by atoms with Gasteiger partial charge in [0.25, 0.3) is 0 Å². The third-order valence-electron chi connectivity index (χ3n) is 5.03. The first-order chi connectivity index (χ1) is 13.1. The van der Waals surface area contributed by atoms with Crippen LogP contribution in [0.4, 0.5) is 0 Å². The number of aromatic amines is 1. The van der Waals surface area contributed by atoms with E-state index in [0.29, 0.717) is 24.5 Å². The van der Waals surface area contributed by atoms with Crippen LogP contribution >= 0.6 is 0 Å². The second-order valence-corrected chi connectivity index (χ2v) is 6.60. The quantitative estimate of drug-likeness (QED) is 0.645. The Kier molecular flexibility index (Phi) is 4.49. The molecule has 6 nitrogen and oxygen atoms in total. The van der Waals surface area contributed by atoms with Crippen molar-refractivity contribution >= 4 is 16.9 Å². The summed E-state index contributed by atoms with van der Waals surface area (Å²) in [4.78, 5) is 15.2. The standard InChI is InChI=1S/C21H22N2O4/c1-3-27-17-9-8-12(10-18(17)26-2)19-20-14(11-16(23-19)21(24)25)13-6-4-5-7-15(13)22-20/h4-10,16,19,22-23H,3,11H2,1-2H3,(H,24,25)/t16-,19+/m1/s1. The number of fused-ring (bicyclic) bond motifs is 3. The van der Waals surface area contributed by atoms with Gasteiger partial charge in [-0.2, -0.15) is 0 Å². The van der Waals surface area contributed by atoms with Crippen LogP contribution in [0.3, 0.4) is 0 Å². The van der Waals surface area contributed by atoms with Crippen LogP contribution in [0.1, 0.15) is 29.8 Å². The molecule has 1 aromatic heterocycles. The van der Waals surface area contributed by atoms with E-state index in [-0.39, 0.29) is 6.04 Å². The predicted octanol–water partition coefficient (Wildman–Crippen LogP) is 3.26. The molecule has 2 heterocycles. The van der Waals surface area contributed by atoms with Gasteiger partial charge in [-0.15, -0.1) is 0 Å². The number of rotatable bonds is 5. The van der Waals surface area contributed by atoms with E-state index in [1.807, 2.05) is 49.4 Å². The average Bonchev–Trinajstić information content (AvgIpc) is 3.06. The Morgan fingerprint density at radius 1 is 1.22 bits per heavy atom. The highest BCUT2D eigenvalue weighted by molar-refractivity contribution is 5.87. The maximum absolute atomic E-state index is 11.7. The van der Waals surface area contributed by atoms with Crippen molar-refractivity contribution in [3.63, 3.8) is 0 Å². The first-order valence-corrected chi connectivity index (χ1v) is 9.01. The van der Waals surface area contributed by atoms with Crippen LogP contribution in [-0.2, 0) is 11.2 Å². The zero-order valence-electron chi connectivity index (χ0n) is 15.3. The summed E-state index contributed by atoms with van der Waals surface area (Å²) in [5.41, 5.74) is 3.99. The largest absolute Gasteiger partial charge is 0.493 e. The van der Waals surface area contributed by atoms with Crippen molar-refractivity contribution in [1.82, 2.24) is 10.3 Å². The van der Waals surface area contributed by atoms with E-state index >= 15 is 0 Å². The van der Waals surface area contributed by atoms with Crippen molar-refractivity contribution in [2.45, 2.75) is 25.4 Å². The predicted molar refractivity (Wildman–Crippen MR) is 103 cm³/mol. The minimum absolute atomic E-state index is 0.271. The van der Waals surface area contributed by atoms with Crippen LogP contribution in [0.5, 0.6) is 11.5 Å². The molecule has 6 heteroatoms. The minimum Gasteiger partial charge on any atom is -0.493 e. The van der Waals surface area contributed by atoms with Gasteiger partial charge < -0.3 is 19.6 Å². The minimum atomic E-state index is -0.853. The van der Waals surface area contributed by atoms with Crippen LogP contribution < -0.4 is 14.8 Å². The van der Waals surface area contributed by atoms with Gasteiger partial charge >= 0.3 is 5.97 Å². The van der Waals surface area contributed by atoms with E-state index in [9.17, 15) is 9.90 Å². The maximum atomic E-state index is 11.7. The molecule has 2 atom stereocenters. The number of H-pyrrole nitrogens is 1. The number of aliphatic carboxylic acids is 1. The van der Waals surface area contributed by atoms with Crippen molar-refractivity contribution in [3.8, 4) is 11.5 Å². The van der Waals surface area contributed by atoms with Gasteiger partial charge in [0.15, 0.2) is 11.5 Å². The molecule has 0 aliphatic carbocycles. The lowest BCUT2D eigenvalue weighted by Gasteiger charge is -2.30. The number of hydrogen-bond donors (Lipinski definition) is 3. The fourth-order valence-electron chi connectivity index (χ4n) is 3.79. The molecule has 0 radical (unpaired) electrons. The molecule has 0 fully saturated rings. The van der Waals surface area contributed by atoms with Crippen molar-refractivity contribution in [1.29, 1.82) is 0 Å². The molecule has 1 aliphatic heterocycles. The van der Waals surface area contributed by atoms with Crippen molar-refractivity contribution in [2.75, 3.05) is 13.7 Å². The van der Waals surface area contributed by atoms with Crippen molar-refractivity contribution < 1.29 is 19.4 Å². The van der Waals surface area contributed by atoms with Gasteiger partial charge in [-0.1, -0.05) is 24.3 Å². The zero-order valence-corrected chi connectivity index (χ0v) is 15.3. The molecule has 0 amide bonds. The normalized spacial score (nSPS) is 18.9. The number of carbonyl (C=O) groups is 1. The number of aromatic nitrogens is 1. The average molecular weight is 366 g/mol. The Bertz CT molecular complexity index is 995. The molecule has 0 spiro atoms. The Labute approximate surface area is 157 Å². The van der Waals surface area contributed by atoms with Crippen LogP contribution in [0, 0.1) is 0 Å². The number of carboxylic acids is 1. The van der Waals surface area contributed by atoms with Gasteiger partial charge in [0, 0.05) is 23.0 Å². The molecular weight excluding hydrogens is 344 g/mol. The monoisotopic (exact) mass is 366 g/mol. The third kappa shape index (κ3) is 3.02. The maximum Gasteiger partial charge on any atom is 0.321 e. The van der Waals surface area contributed by atoms with Crippen LogP contribution in [-0.4, -0.2) is 35.8 Å². The van der Waals surface area contributed by atoms with Gasteiger partial charge in [-0.3, -0.25) is 10.1 Å². The van der Waals surface area contributed by atoms with E-state index in [4.69, 9.17) is 9.47 Å². The summed E-state index contributed by atoms with van der Waals surface area (Å²) < 4.78 is 11.1. The lowest BCUT2D eigenvalue weighted by molar-refractivity contribution is -0.139. The Morgan fingerprint density at radius 3 is 2.78 bits per heavy atom. The molecule has 3 N–H and O–H groups in total. The Morgan fingerprint density at radius 2 is 2.04 bits per heavy atom. The van der Waals surface area contributed by atoms with Gasteiger partial charge in [0.2, 0.25) is 0 Å². The molecule has 0 bridgehead atoms. The summed E-state index contributed by atoms with van der Waals surface area (Å²) in [6, 6.07) is 12.8. The van der Waals surface area contributed by atoms with Crippen molar-refractivity contribution in [3.05, 3.63) is 59.3 Å². The van der Waals surface area contributed by atoms with E-state index in [2.05, 4.69) is 10.3 Å². The SMILES string of the molecule is CCOc1ccc([C@@H]2N[C@@H](C(=O)O)Cc3c2[nH]c2ccccc32)cc1OC. The first-order valence-electron chi connectivity index (χ1n) is 9.01. The smallest absolute Gasteiger partial charge is 0.321 e. The van der Waals surface area contributed by atoms with Gasteiger partial charge in [0.05, 0.1) is 19.8 Å². The molecule has 0 saturated heterocycles. The number of hydrogen-bond acceptors (Lipinski definition) is 4. The second-order valence-electron chi connectivity index (χ2n) is 6.60. The molecule has 140 valence electrons. The number of ether oxygens (including phenoxy) is 2.